The zero-order valence-electron chi connectivity index (χ0n) is 10.8. The SMILES string of the molecule is Cc1ccc(Sc2ccc(OCC(F)(F)F)cc2)cc1. The zero-order chi connectivity index (χ0) is 14.6. The smallest absolute Gasteiger partial charge is 0.422 e. The Bertz CT molecular complexity index is 547. The van der Waals surface area contributed by atoms with Crippen LogP contribution in [0.25, 0.3) is 0 Å². The van der Waals surface area contributed by atoms with Crippen molar-refractivity contribution in [1.29, 1.82) is 0 Å². The van der Waals surface area contributed by atoms with Gasteiger partial charge in [0, 0.05) is 9.79 Å². The monoisotopic (exact) mass is 298 g/mol. The highest BCUT2D eigenvalue weighted by Crippen LogP contribution is 2.29. The van der Waals surface area contributed by atoms with Crippen molar-refractivity contribution < 1.29 is 17.9 Å². The summed E-state index contributed by atoms with van der Waals surface area (Å²) < 4.78 is 40.7. The molecule has 0 amide bonds. The molecule has 0 aromatic heterocycles. The number of hydrogen-bond donors (Lipinski definition) is 0. The average molecular weight is 298 g/mol. The van der Waals surface area contributed by atoms with Crippen LogP contribution in [-0.4, -0.2) is 12.8 Å². The van der Waals surface area contributed by atoms with E-state index in [1.807, 2.05) is 31.2 Å². The summed E-state index contributed by atoms with van der Waals surface area (Å²) in [6, 6.07) is 14.6. The van der Waals surface area contributed by atoms with E-state index in [2.05, 4.69) is 4.74 Å². The van der Waals surface area contributed by atoms with Crippen molar-refractivity contribution >= 4 is 11.8 Å². The molecule has 0 aliphatic rings. The Kier molecular flexibility index (Phi) is 4.60. The molecule has 0 bridgehead atoms. The molecule has 0 radical (unpaired) electrons. The fraction of sp³-hybridized carbons (Fsp3) is 0.200. The van der Waals surface area contributed by atoms with Crippen LogP contribution >= 0.6 is 11.8 Å². The highest BCUT2D eigenvalue weighted by molar-refractivity contribution is 7.99. The molecule has 0 heterocycles. The minimum Gasteiger partial charge on any atom is -0.484 e. The summed E-state index contributed by atoms with van der Waals surface area (Å²) in [5, 5.41) is 0. The molecule has 106 valence electrons. The van der Waals surface area contributed by atoms with Crippen molar-refractivity contribution in [3.05, 3.63) is 54.1 Å². The van der Waals surface area contributed by atoms with Gasteiger partial charge in [-0.05, 0) is 43.3 Å². The molecule has 0 spiro atoms. The van der Waals surface area contributed by atoms with E-state index in [0.717, 1.165) is 9.79 Å². The van der Waals surface area contributed by atoms with Gasteiger partial charge >= 0.3 is 6.18 Å². The second-order valence-corrected chi connectivity index (χ2v) is 5.44. The lowest BCUT2D eigenvalue weighted by Gasteiger charge is -2.09. The van der Waals surface area contributed by atoms with Gasteiger partial charge in [0.05, 0.1) is 0 Å². The van der Waals surface area contributed by atoms with Crippen LogP contribution in [-0.2, 0) is 0 Å². The Morgan fingerprint density at radius 1 is 0.900 bits per heavy atom. The van der Waals surface area contributed by atoms with Gasteiger partial charge in [0.2, 0.25) is 0 Å². The van der Waals surface area contributed by atoms with E-state index in [9.17, 15) is 13.2 Å². The molecule has 0 N–H and O–H groups in total. The fourth-order valence-corrected chi connectivity index (χ4v) is 2.33. The van der Waals surface area contributed by atoms with Crippen molar-refractivity contribution in [3.63, 3.8) is 0 Å². The summed E-state index contributed by atoms with van der Waals surface area (Å²) in [5.74, 6) is 0.218. The first-order valence-corrected chi connectivity index (χ1v) is 6.78. The molecule has 0 aliphatic carbocycles. The highest BCUT2D eigenvalue weighted by Gasteiger charge is 2.28. The lowest BCUT2D eigenvalue weighted by molar-refractivity contribution is -0.153. The van der Waals surface area contributed by atoms with E-state index in [1.165, 1.54) is 5.56 Å². The first-order chi connectivity index (χ1) is 9.42. The van der Waals surface area contributed by atoms with Gasteiger partial charge in [0.25, 0.3) is 0 Å². The second-order valence-electron chi connectivity index (χ2n) is 4.29. The number of halogens is 3. The number of aryl methyl sites for hydroxylation is 1. The first kappa shape index (κ1) is 14.8. The summed E-state index contributed by atoms with van der Waals surface area (Å²) >= 11 is 1.55. The Morgan fingerprint density at radius 3 is 1.90 bits per heavy atom. The number of rotatable bonds is 4. The van der Waals surface area contributed by atoms with E-state index in [1.54, 1.807) is 36.0 Å². The third kappa shape index (κ3) is 4.81. The van der Waals surface area contributed by atoms with Gasteiger partial charge in [-0.1, -0.05) is 29.5 Å². The summed E-state index contributed by atoms with van der Waals surface area (Å²) in [6.45, 7) is 0.749. The maximum atomic E-state index is 12.0. The molecule has 0 saturated heterocycles. The molecule has 0 atom stereocenters. The largest absolute Gasteiger partial charge is 0.484 e. The van der Waals surface area contributed by atoms with E-state index in [-0.39, 0.29) is 5.75 Å². The fourth-order valence-electron chi connectivity index (χ4n) is 1.51. The Hall–Kier alpha value is -1.62. The van der Waals surface area contributed by atoms with Gasteiger partial charge in [0.1, 0.15) is 5.75 Å². The van der Waals surface area contributed by atoms with Gasteiger partial charge in [-0.25, -0.2) is 0 Å². The van der Waals surface area contributed by atoms with E-state index in [4.69, 9.17) is 0 Å². The number of alkyl halides is 3. The van der Waals surface area contributed by atoms with Crippen molar-refractivity contribution in [3.8, 4) is 5.75 Å². The highest BCUT2D eigenvalue weighted by atomic mass is 32.2. The van der Waals surface area contributed by atoms with Crippen molar-refractivity contribution in [2.45, 2.75) is 22.9 Å². The van der Waals surface area contributed by atoms with Crippen LogP contribution in [0.1, 0.15) is 5.56 Å². The first-order valence-electron chi connectivity index (χ1n) is 5.96. The number of hydrogen-bond acceptors (Lipinski definition) is 2. The molecule has 0 aliphatic heterocycles. The molecule has 5 heteroatoms. The van der Waals surface area contributed by atoms with Gasteiger partial charge < -0.3 is 4.74 Å². The molecule has 2 aromatic rings. The predicted molar refractivity (Wildman–Crippen MR) is 73.3 cm³/mol. The van der Waals surface area contributed by atoms with Crippen LogP contribution in [0.3, 0.4) is 0 Å². The lowest BCUT2D eigenvalue weighted by Crippen LogP contribution is -2.19. The minimum absolute atomic E-state index is 0.218. The molecule has 1 nitrogen and oxygen atoms in total. The van der Waals surface area contributed by atoms with E-state index < -0.39 is 12.8 Å². The van der Waals surface area contributed by atoms with Crippen LogP contribution < -0.4 is 4.74 Å². The van der Waals surface area contributed by atoms with E-state index in [0.29, 0.717) is 0 Å². The summed E-state index contributed by atoms with van der Waals surface area (Å²) in [5.41, 5.74) is 1.19. The zero-order valence-corrected chi connectivity index (χ0v) is 11.6. The third-order valence-corrected chi connectivity index (χ3v) is 3.50. The molecule has 0 fully saturated rings. The maximum Gasteiger partial charge on any atom is 0.422 e. The van der Waals surface area contributed by atoms with Crippen molar-refractivity contribution in [2.75, 3.05) is 6.61 Å². The summed E-state index contributed by atoms with van der Waals surface area (Å²) in [4.78, 5) is 2.03. The summed E-state index contributed by atoms with van der Waals surface area (Å²) in [7, 11) is 0. The number of benzene rings is 2. The number of ether oxygens (including phenoxy) is 1. The molecule has 0 saturated carbocycles. The standard InChI is InChI=1S/C15H13F3OS/c1-11-2-6-13(7-3-11)20-14-8-4-12(5-9-14)19-10-15(16,17)18/h2-9H,10H2,1H3. The van der Waals surface area contributed by atoms with Crippen molar-refractivity contribution in [1.82, 2.24) is 0 Å². The minimum atomic E-state index is -4.31. The Morgan fingerprint density at radius 2 is 1.40 bits per heavy atom. The second kappa shape index (κ2) is 6.22. The summed E-state index contributed by atoms with van der Waals surface area (Å²) in [6.07, 6.45) is -4.31. The third-order valence-electron chi connectivity index (χ3n) is 2.48. The molecular formula is C15H13F3OS. The van der Waals surface area contributed by atoms with Crippen LogP contribution in [0.4, 0.5) is 13.2 Å². The molecule has 0 unspecified atom stereocenters. The predicted octanol–water partition coefficient (Wildman–Crippen LogP) is 5.09. The van der Waals surface area contributed by atoms with Gasteiger partial charge in [-0.15, -0.1) is 0 Å². The molecule has 2 aromatic carbocycles. The van der Waals surface area contributed by atoms with Crippen LogP contribution in [0, 0.1) is 6.92 Å². The molecule has 2 rings (SSSR count). The molecule has 20 heavy (non-hydrogen) atoms. The van der Waals surface area contributed by atoms with Gasteiger partial charge in [-0.2, -0.15) is 13.2 Å². The van der Waals surface area contributed by atoms with Gasteiger partial charge in [0.15, 0.2) is 6.61 Å². The van der Waals surface area contributed by atoms with Crippen molar-refractivity contribution in [2.24, 2.45) is 0 Å². The lowest BCUT2D eigenvalue weighted by atomic mass is 10.2. The average Bonchev–Trinajstić information content (AvgIpc) is 2.40. The normalized spacial score (nSPS) is 11.4. The van der Waals surface area contributed by atoms with Crippen LogP contribution in [0.5, 0.6) is 5.75 Å². The van der Waals surface area contributed by atoms with E-state index >= 15 is 0 Å². The Balaban J connectivity index is 1.96. The van der Waals surface area contributed by atoms with Gasteiger partial charge in [-0.3, -0.25) is 0 Å². The molecular weight excluding hydrogens is 285 g/mol. The van der Waals surface area contributed by atoms with Crippen LogP contribution in [0.2, 0.25) is 0 Å². The maximum absolute atomic E-state index is 12.0. The Labute approximate surface area is 119 Å². The quantitative estimate of drug-likeness (QED) is 0.777. The topological polar surface area (TPSA) is 9.23 Å². The van der Waals surface area contributed by atoms with Crippen LogP contribution in [0.15, 0.2) is 58.3 Å².